The van der Waals surface area contributed by atoms with Crippen LogP contribution in [0.5, 0.6) is 0 Å². The van der Waals surface area contributed by atoms with Crippen LogP contribution in [0.15, 0.2) is 57.7 Å². The number of oxazole rings is 1. The average Bonchev–Trinajstić information content (AvgIpc) is 3.32. The summed E-state index contributed by atoms with van der Waals surface area (Å²) in [6.45, 7) is 0. The molecule has 0 radical (unpaired) electrons. The van der Waals surface area contributed by atoms with Gasteiger partial charge >= 0.3 is 5.76 Å². The zero-order valence-electron chi connectivity index (χ0n) is 12.7. The minimum atomic E-state index is -0.408. The lowest BCUT2D eigenvalue weighted by atomic mass is 10.1. The summed E-state index contributed by atoms with van der Waals surface area (Å²) < 4.78 is 6.51. The number of carbonyl (C=O) groups excluding carboxylic acids is 1. The summed E-state index contributed by atoms with van der Waals surface area (Å²) in [5.41, 5.74) is 3.07. The number of carbonyl (C=O) groups is 1. The molecule has 5 heteroatoms. The van der Waals surface area contributed by atoms with E-state index < -0.39 is 5.76 Å². The van der Waals surface area contributed by atoms with Crippen molar-refractivity contribution in [3.63, 3.8) is 0 Å². The van der Waals surface area contributed by atoms with Gasteiger partial charge in [-0.25, -0.2) is 4.79 Å². The van der Waals surface area contributed by atoms with E-state index in [1.165, 1.54) is 10.1 Å². The third-order valence-corrected chi connectivity index (χ3v) is 4.41. The number of benzene rings is 2. The van der Waals surface area contributed by atoms with Crippen molar-refractivity contribution in [1.29, 1.82) is 0 Å². The highest BCUT2D eigenvalue weighted by Crippen LogP contribution is 2.47. The second kappa shape index (κ2) is 5.12. The lowest BCUT2D eigenvalue weighted by Crippen LogP contribution is -2.14. The number of hydrogen-bond acceptors (Lipinski definition) is 3. The Morgan fingerprint density at radius 2 is 2.00 bits per heavy atom. The minimum Gasteiger partial charge on any atom is -0.408 e. The van der Waals surface area contributed by atoms with E-state index in [1.807, 2.05) is 18.2 Å². The number of nitrogens with one attached hydrogen (secondary N) is 1. The maximum absolute atomic E-state index is 12.4. The maximum Gasteiger partial charge on any atom is 0.419 e. The topological polar surface area (TPSA) is 64.2 Å². The summed E-state index contributed by atoms with van der Waals surface area (Å²) in [5, 5.41) is 2.94. The molecule has 0 bridgehead atoms. The number of rotatable bonds is 3. The monoisotopic (exact) mass is 308 g/mol. The molecule has 2 aromatic carbocycles. The van der Waals surface area contributed by atoms with E-state index in [-0.39, 0.29) is 11.8 Å². The van der Waals surface area contributed by atoms with Crippen molar-refractivity contribution in [2.75, 3.05) is 5.32 Å². The number of aryl methyl sites for hydroxylation is 1. The highest BCUT2D eigenvalue weighted by Gasteiger charge is 2.43. The van der Waals surface area contributed by atoms with Crippen molar-refractivity contribution < 1.29 is 9.21 Å². The fourth-order valence-electron chi connectivity index (χ4n) is 2.99. The van der Waals surface area contributed by atoms with Gasteiger partial charge in [-0.3, -0.25) is 9.36 Å². The number of aromatic nitrogens is 1. The fourth-order valence-corrected chi connectivity index (χ4v) is 2.99. The Balaban J connectivity index is 1.51. The van der Waals surface area contributed by atoms with Crippen LogP contribution in [0.3, 0.4) is 0 Å². The maximum atomic E-state index is 12.4. The standard InChI is InChI=1S/C18H16N2O3/c1-20-15-9-12(7-8-16(15)23-18(20)22)19-17(21)14-10-13(14)11-5-3-2-4-6-11/h2-9,13-14H,10H2,1H3,(H,19,21). The number of fused-ring (bicyclic) bond motifs is 1. The molecule has 0 spiro atoms. The molecule has 1 aliphatic rings. The average molecular weight is 308 g/mol. The molecule has 1 saturated carbocycles. The van der Waals surface area contributed by atoms with Crippen molar-refractivity contribution in [2.45, 2.75) is 12.3 Å². The largest absolute Gasteiger partial charge is 0.419 e. The minimum absolute atomic E-state index is 0.0151. The van der Waals surface area contributed by atoms with Gasteiger partial charge < -0.3 is 9.73 Å². The van der Waals surface area contributed by atoms with Crippen LogP contribution in [-0.4, -0.2) is 10.5 Å². The molecule has 4 rings (SSSR count). The number of amides is 1. The van der Waals surface area contributed by atoms with E-state index in [4.69, 9.17) is 4.42 Å². The van der Waals surface area contributed by atoms with Crippen molar-refractivity contribution in [1.82, 2.24) is 4.57 Å². The normalized spacial score (nSPS) is 19.7. The Labute approximate surface area is 132 Å². The van der Waals surface area contributed by atoms with Crippen LogP contribution in [0.4, 0.5) is 5.69 Å². The van der Waals surface area contributed by atoms with Crippen molar-refractivity contribution >= 4 is 22.7 Å². The molecule has 1 amide bonds. The first-order valence-corrected chi connectivity index (χ1v) is 7.59. The Kier molecular flexibility index (Phi) is 3.08. The van der Waals surface area contributed by atoms with Gasteiger partial charge in [-0.1, -0.05) is 30.3 Å². The molecule has 2 atom stereocenters. The highest BCUT2D eigenvalue weighted by atomic mass is 16.4. The zero-order valence-corrected chi connectivity index (χ0v) is 12.7. The molecular weight excluding hydrogens is 292 g/mol. The van der Waals surface area contributed by atoms with Crippen LogP contribution in [0.1, 0.15) is 17.9 Å². The summed E-state index contributed by atoms with van der Waals surface area (Å²) in [6.07, 6.45) is 0.877. The first kappa shape index (κ1) is 13.8. The molecule has 1 aromatic heterocycles. The lowest BCUT2D eigenvalue weighted by molar-refractivity contribution is -0.117. The summed E-state index contributed by atoms with van der Waals surface area (Å²) in [6, 6.07) is 15.3. The molecule has 0 saturated heterocycles. The smallest absolute Gasteiger partial charge is 0.408 e. The summed E-state index contributed by atoms with van der Waals surface area (Å²) in [7, 11) is 1.64. The van der Waals surface area contributed by atoms with E-state index in [1.54, 1.807) is 25.2 Å². The quantitative estimate of drug-likeness (QED) is 0.809. The third kappa shape index (κ3) is 2.44. The second-order valence-corrected chi connectivity index (χ2v) is 5.96. The zero-order chi connectivity index (χ0) is 16.0. The van der Waals surface area contributed by atoms with Gasteiger partial charge in [0.05, 0.1) is 5.52 Å². The SMILES string of the molecule is Cn1c(=O)oc2ccc(NC(=O)C3CC3c3ccccc3)cc21. The van der Waals surface area contributed by atoms with Gasteiger partial charge in [0.1, 0.15) is 0 Å². The van der Waals surface area contributed by atoms with Crippen LogP contribution in [0.25, 0.3) is 11.1 Å². The van der Waals surface area contributed by atoms with E-state index in [0.717, 1.165) is 6.42 Å². The van der Waals surface area contributed by atoms with E-state index in [2.05, 4.69) is 17.4 Å². The number of hydrogen-bond donors (Lipinski definition) is 1. The second-order valence-electron chi connectivity index (χ2n) is 5.96. The lowest BCUT2D eigenvalue weighted by Gasteiger charge is -2.05. The first-order chi connectivity index (χ1) is 11.1. The Bertz CT molecular complexity index is 940. The van der Waals surface area contributed by atoms with Gasteiger partial charge in [0.25, 0.3) is 0 Å². The Morgan fingerprint density at radius 1 is 1.22 bits per heavy atom. The predicted molar refractivity (Wildman–Crippen MR) is 87.4 cm³/mol. The Morgan fingerprint density at radius 3 is 2.78 bits per heavy atom. The van der Waals surface area contributed by atoms with Gasteiger partial charge in [-0.05, 0) is 36.1 Å². The van der Waals surface area contributed by atoms with Crippen LogP contribution >= 0.6 is 0 Å². The third-order valence-electron chi connectivity index (χ3n) is 4.41. The first-order valence-electron chi connectivity index (χ1n) is 7.59. The van der Waals surface area contributed by atoms with Gasteiger partial charge in [0, 0.05) is 18.7 Å². The van der Waals surface area contributed by atoms with Crippen LogP contribution < -0.4 is 11.1 Å². The van der Waals surface area contributed by atoms with Crippen molar-refractivity contribution in [3.8, 4) is 0 Å². The molecule has 116 valence electrons. The highest BCUT2D eigenvalue weighted by molar-refractivity contribution is 5.96. The number of anilines is 1. The molecule has 23 heavy (non-hydrogen) atoms. The summed E-state index contributed by atoms with van der Waals surface area (Å²) >= 11 is 0. The molecule has 3 aromatic rings. The molecule has 1 fully saturated rings. The molecule has 1 aliphatic carbocycles. The van der Waals surface area contributed by atoms with Crippen LogP contribution in [0, 0.1) is 5.92 Å². The van der Waals surface area contributed by atoms with Gasteiger partial charge in [0.15, 0.2) is 5.58 Å². The van der Waals surface area contributed by atoms with Crippen LogP contribution in [-0.2, 0) is 11.8 Å². The molecule has 1 N–H and O–H groups in total. The van der Waals surface area contributed by atoms with Crippen molar-refractivity contribution in [2.24, 2.45) is 13.0 Å². The van der Waals surface area contributed by atoms with Gasteiger partial charge in [0.2, 0.25) is 5.91 Å². The molecule has 1 heterocycles. The summed E-state index contributed by atoms with van der Waals surface area (Å²) in [5.74, 6) is -0.0685. The van der Waals surface area contributed by atoms with Gasteiger partial charge in [-0.2, -0.15) is 0 Å². The fraction of sp³-hybridized carbons (Fsp3) is 0.222. The van der Waals surface area contributed by atoms with E-state index in [0.29, 0.717) is 22.7 Å². The van der Waals surface area contributed by atoms with E-state index in [9.17, 15) is 9.59 Å². The molecule has 2 unspecified atom stereocenters. The number of nitrogens with zero attached hydrogens (tertiary/aromatic N) is 1. The van der Waals surface area contributed by atoms with Crippen LogP contribution in [0.2, 0.25) is 0 Å². The molecular formula is C18H16N2O3. The van der Waals surface area contributed by atoms with E-state index >= 15 is 0 Å². The summed E-state index contributed by atoms with van der Waals surface area (Å²) in [4.78, 5) is 23.9. The molecule has 5 nitrogen and oxygen atoms in total. The van der Waals surface area contributed by atoms with Gasteiger partial charge in [-0.15, -0.1) is 0 Å². The molecule has 0 aliphatic heterocycles. The Hall–Kier alpha value is -2.82. The predicted octanol–water partition coefficient (Wildman–Crippen LogP) is 2.87. The van der Waals surface area contributed by atoms with Crippen molar-refractivity contribution in [3.05, 3.63) is 64.6 Å².